The lowest BCUT2D eigenvalue weighted by Gasteiger charge is -2.29. The first-order valence-electron chi connectivity index (χ1n) is 6.78. The van der Waals surface area contributed by atoms with Crippen molar-refractivity contribution in [3.63, 3.8) is 0 Å². The summed E-state index contributed by atoms with van der Waals surface area (Å²) in [5, 5.41) is 14.2. The zero-order valence-corrected chi connectivity index (χ0v) is 13.2. The maximum Gasteiger partial charge on any atom is 0.270 e. The molecule has 1 N–H and O–H groups in total. The summed E-state index contributed by atoms with van der Waals surface area (Å²) in [5.74, 6) is 0.722. The summed E-state index contributed by atoms with van der Waals surface area (Å²) in [4.78, 5) is 10.4. The molecular formula is C14H19IN2O2. The number of benzene rings is 1. The molecule has 1 unspecified atom stereocenters. The van der Waals surface area contributed by atoms with E-state index in [1.54, 1.807) is 12.1 Å². The molecule has 0 amide bonds. The van der Waals surface area contributed by atoms with Crippen molar-refractivity contribution in [3.8, 4) is 0 Å². The number of anilines is 1. The van der Waals surface area contributed by atoms with Crippen LogP contribution in [-0.4, -0.2) is 11.0 Å². The van der Waals surface area contributed by atoms with E-state index in [0.29, 0.717) is 6.04 Å². The lowest BCUT2D eigenvalue weighted by Crippen LogP contribution is -2.28. The Labute approximate surface area is 127 Å². The Hall–Kier alpha value is -0.850. The normalized spacial score (nSPS) is 18.0. The number of halogens is 1. The number of nitrogens with zero attached hydrogens (tertiary/aromatic N) is 1. The van der Waals surface area contributed by atoms with Crippen LogP contribution in [0.3, 0.4) is 0 Å². The van der Waals surface area contributed by atoms with Gasteiger partial charge in [-0.25, -0.2) is 0 Å². The summed E-state index contributed by atoms with van der Waals surface area (Å²) in [5.41, 5.74) is 1.16. The molecular weight excluding hydrogens is 355 g/mol. The molecule has 0 radical (unpaired) electrons. The lowest BCUT2D eigenvalue weighted by molar-refractivity contribution is -0.384. The Balaban J connectivity index is 2.03. The molecule has 0 aliphatic heterocycles. The van der Waals surface area contributed by atoms with E-state index in [-0.39, 0.29) is 10.6 Å². The Bertz CT molecular complexity index is 459. The molecule has 1 saturated carbocycles. The van der Waals surface area contributed by atoms with Crippen molar-refractivity contribution in [1.82, 2.24) is 0 Å². The second-order valence-corrected chi connectivity index (χ2v) is 6.41. The van der Waals surface area contributed by atoms with Gasteiger partial charge >= 0.3 is 0 Å². The maximum absolute atomic E-state index is 10.7. The van der Waals surface area contributed by atoms with Crippen LogP contribution in [0.4, 0.5) is 11.4 Å². The summed E-state index contributed by atoms with van der Waals surface area (Å²) in [6.07, 6.45) is 6.59. The van der Waals surface area contributed by atoms with Crippen molar-refractivity contribution in [2.45, 2.75) is 45.1 Å². The number of nitrogens with one attached hydrogen (secondary N) is 1. The summed E-state index contributed by atoms with van der Waals surface area (Å²) in [6, 6.07) is 5.43. The first kappa shape index (κ1) is 14.6. The Morgan fingerprint density at radius 2 is 2.05 bits per heavy atom. The Kier molecular flexibility index (Phi) is 5.01. The van der Waals surface area contributed by atoms with Gasteiger partial charge in [-0.15, -0.1) is 0 Å². The number of non-ortho nitro benzene ring substituents is 1. The topological polar surface area (TPSA) is 55.2 Å². The maximum atomic E-state index is 10.7. The fraction of sp³-hybridized carbons (Fsp3) is 0.571. The minimum atomic E-state index is -0.351. The van der Waals surface area contributed by atoms with Crippen molar-refractivity contribution in [1.29, 1.82) is 0 Å². The van der Waals surface area contributed by atoms with E-state index in [1.807, 2.05) is 6.07 Å². The summed E-state index contributed by atoms with van der Waals surface area (Å²) in [6.45, 7) is 2.22. The molecule has 1 aliphatic rings. The van der Waals surface area contributed by atoms with Gasteiger partial charge in [-0.2, -0.15) is 0 Å². The van der Waals surface area contributed by atoms with Crippen molar-refractivity contribution in [3.05, 3.63) is 31.9 Å². The predicted octanol–water partition coefficient (Wildman–Crippen LogP) is 4.58. The van der Waals surface area contributed by atoms with E-state index in [9.17, 15) is 10.1 Å². The van der Waals surface area contributed by atoms with Crippen molar-refractivity contribution < 1.29 is 4.92 Å². The van der Waals surface area contributed by atoms with Gasteiger partial charge in [0.15, 0.2) is 0 Å². The molecule has 4 nitrogen and oxygen atoms in total. The fourth-order valence-electron chi connectivity index (χ4n) is 2.73. The van der Waals surface area contributed by atoms with Crippen LogP contribution in [0.1, 0.15) is 39.0 Å². The van der Waals surface area contributed by atoms with Crippen LogP contribution in [0.25, 0.3) is 0 Å². The van der Waals surface area contributed by atoms with Gasteiger partial charge in [-0.3, -0.25) is 10.1 Å². The van der Waals surface area contributed by atoms with Gasteiger partial charge in [0, 0.05) is 27.4 Å². The molecule has 0 aromatic heterocycles. The number of nitro groups is 1. The summed E-state index contributed by atoms with van der Waals surface area (Å²) < 4.78 is 0.912. The standard InChI is InChI=1S/C14H19IN2O2/c1-10(11-5-3-2-4-6-11)16-14-8-7-12(17(18)19)9-13(14)15/h7-11,16H,2-6H2,1H3. The van der Waals surface area contributed by atoms with E-state index in [1.165, 1.54) is 32.1 Å². The molecule has 0 bridgehead atoms. The first-order valence-corrected chi connectivity index (χ1v) is 7.86. The molecule has 0 heterocycles. The average Bonchev–Trinajstić information content (AvgIpc) is 2.41. The molecule has 19 heavy (non-hydrogen) atoms. The molecule has 2 rings (SSSR count). The van der Waals surface area contributed by atoms with Crippen molar-refractivity contribution in [2.75, 3.05) is 5.32 Å². The second-order valence-electron chi connectivity index (χ2n) is 5.25. The minimum Gasteiger partial charge on any atom is -0.381 e. The van der Waals surface area contributed by atoms with Gasteiger partial charge in [-0.05, 0) is 54.3 Å². The Morgan fingerprint density at radius 3 is 2.63 bits per heavy atom. The quantitative estimate of drug-likeness (QED) is 0.477. The van der Waals surface area contributed by atoms with Crippen LogP contribution >= 0.6 is 22.6 Å². The number of hydrogen-bond donors (Lipinski definition) is 1. The number of hydrogen-bond acceptors (Lipinski definition) is 3. The molecule has 1 aromatic rings. The molecule has 1 atom stereocenters. The molecule has 1 aromatic carbocycles. The molecule has 1 fully saturated rings. The van der Waals surface area contributed by atoms with Gasteiger partial charge < -0.3 is 5.32 Å². The smallest absolute Gasteiger partial charge is 0.270 e. The highest BCUT2D eigenvalue weighted by molar-refractivity contribution is 14.1. The Morgan fingerprint density at radius 1 is 1.37 bits per heavy atom. The highest BCUT2D eigenvalue weighted by atomic mass is 127. The molecule has 0 saturated heterocycles. The molecule has 1 aliphatic carbocycles. The van der Waals surface area contributed by atoms with Crippen LogP contribution in [0.2, 0.25) is 0 Å². The van der Waals surface area contributed by atoms with Gasteiger partial charge in [-0.1, -0.05) is 19.3 Å². The highest BCUT2D eigenvalue weighted by Crippen LogP contribution is 2.30. The van der Waals surface area contributed by atoms with E-state index in [4.69, 9.17) is 0 Å². The monoisotopic (exact) mass is 374 g/mol. The average molecular weight is 374 g/mol. The van der Waals surface area contributed by atoms with E-state index >= 15 is 0 Å². The van der Waals surface area contributed by atoms with Crippen LogP contribution in [0.5, 0.6) is 0 Å². The third-order valence-electron chi connectivity index (χ3n) is 3.90. The van der Waals surface area contributed by atoms with Crippen LogP contribution in [0.15, 0.2) is 18.2 Å². The molecule has 104 valence electrons. The molecule has 5 heteroatoms. The van der Waals surface area contributed by atoms with Gasteiger partial charge in [0.1, 0.15) is 0 Å². The van der Waals surface area contributed by atoms with Crippen molar-refractivity contribution >= 4 is 34.0 Å². The summed E-state index contributed by atoms with van der Waals surface area (Å²) >= 11 is 2.16. The predicted molar refractivity (Wildman–Crippen MR) is 85.5 cm³/mol. The number of rotatable bonds is 4. The van der Waals surface area contributed by atoms with Gasteiger partial charge in [0.2, 0.25) is 0 Å². The number of nitro benzene ring substituents is 1. The second kappa shape index (κ2) is 6.54. The fourth-order valence-corrected chi connectivity index (χ4v) is 3.39. The zero-order valence-electron chi connectivity index (χ0n) is 11.1. The van der Waals surface area contributed by atoms with Gasteiger partial charge in [0.05, 0.1) is 4.92 Å². The third kappa shape index (κ3) is 3.81. The SMILES string of the molecule is CC(Nc1ccc([N+](=O)[O-])cc1I)C1CCCCC1. The van der Waals surface area contributed by atoms with Crippen LogP contribution in [-0.2, 0) is 0 Å². The largest absolute Gasteiger partial charge is 0.381 e. The van der Waals surface area contributed by atoms with E-state index in [0.717, 1.165) is 15.2 Å². The van der Waals surface area contributed by atoms with E-state index in [2.05, 4.69) is 34.8 Å². The van der Waals surface area contributed by atoms with E-state index < -0.39 is 0 Å². The van der Waals surface area contributed by atoms with Gasteiger partial charge in [0.25, 0.3) is 5.69 Å². The minimum absolute atomic E-state index is 0.153. The third-order valence-corrected chi connectivity index (χ3v) is 4.80. The first-order chi connectivity index (χ1) is 9.08. The lowest BCUT2D eigenvalue weighted by atomic mass is 9.84. The summed E-state index contributed by atoms with van der Waals surface area (Å²) in [7, 11) is 0. The zero-order chi connectivity index (χ0) is 13.8. The molecule has 0 spiro atoms. The van der Waals surface area contributed by atoms with Crippen LogP contribution < -0.4 is 5.32 Å². The van der Waals surface area contributed by atoms with Crippen LogP contribution in [0, 0.1) is 19.6 Å². The van der Waals surface area contributed by atoms with Crippen molar-refractivity contribution in [2.24, 2.45) is 5.92 Å². The highest BCUT2D eigenvalue weighted by Gasteiger charge is 2.20.